The van der Waals surface area contributed by atoms with E-state index in [0.29, 0.717) is 11.4 Å². The van der Waals surface area contributed by atoms with Crippen LogP contribution in [0, 0.1) is 6.92 Å². The molecule has 4 nitrogen and oxygen atoms in total. The molecule has 2 heterocycles. The summed E-state index contributed by atoms with van der Waals surface area (Å²) in [6, 6.07) is 18.2. The topological polar surface area (TPSA) is 45.2 Å². The molecule has 1 saturated heterocycles. The highest BCUT2D eigenvalue weighted by atomic mass is 32.1. The number of anilines is 1. The second-order valence-electron chi connectivity index (χ2n) is 7.26. The third-order valence-electron chi connectivity index (χ3n) is 5.07. The Morgan fingerprint density at radius 2 is 1.75 bits per heavy atom. The summed E-state index contributed by atoms with van der Waals surface area (Å²) in [5.41, 5.74) is 4.07. The van der Waals surface area contributed by atoms with E-state index in [1.165, 1.54) is 36.2 Å². The van der Waals surface area contributed by atoms with E-state index in [9.17, 15) is 4.79 Å². The summed E-state index contributed by atoms with van der Waals surface area (Å²) < 4.78 is 0. The molecule has 1 aliphatic heterocycles. The average Bonchev–Trinajstić information content (AvgIpc) is 3.19. The average molecular weight is 392 g/mol. The van der Waals surface area contributed by atoms with Gasteiger partial charge < -0.3 is 10.2 Å². The molecule has 0 bridgehead atoms. The highest BCUT2D eigenvalue weighted by Crippen LogP contribution is 2.34. The number of carbonyl (C=O) groups excluding carboxylic acids is 1. The first-order valence-electron chi connectivity index (χ1n) is 9.85. The maximum Gasteiger partial charge on any atom is 0.264 e. The van der Waals surface area contributed by atoms with Gasteiger partial charge in [0.2, 0.25) is 0 Å². The Bertz CT molecular complexity index is 928. The number of hydrogen-bond donors (Lipinski definition) is 1. The molecule has 1 amide bonds. The third-order valence-corrected chi connectivity index (χ3v) is 6.18. The van der Waals surface area contributed by atoms with E-state index in [0.717, 1.165) is 35.0 Å². The SMILES string of the molecule is Cc1ccc(-c2nc(N3CCCCC3)sc2C(=O)NCc2ccccc2)cc1. The lowest BCUT2D eigenvalue weighted by Crippen LogP contribution is -2.29. The van der Waals surface area contributed by atoms with E-state index >= 15 is 0 Å². The van der Waals surface area contributed by atoms with Crippen LogP contribution in [0.15, 0.2) is 54.6 Å². The molecule has 144 valence electrons. The number of nitrogens with zero attached hydrogens (tertiary/aromatic N) is 2. The summed E-state index contributed by atoms with van der Waals surface area (Å²) in [5, 5.41) is 4.02. The van der Waals surface area contributed by atoms with Gasteiger partial charge in [-0.2, -0.15) is 0 Å². The van der Waals surface area contributed by atoms with Gasteiger partial charge in [0, 0.05) is 25.2 Å². The van der Waals surface area contributed by atoms with Gasteiger partial charge in [0.05, 0.1) is 5.69 Å². The molecule has 0 radical (unpaired) electrons. The predicted octanol–water partition coefficient (Wildman–Crippen LogP) is 5.04. The van der Waals surface area contributed by atoms with E-state index in [-0.39, 0.29) is 5.91 Å². The Hall–Kier alpha value is -2.66. The summed E-state index contributed by atoms with van der Waals surface area (Å²) >= 11 is 1.51. The molecule has 3 aromatic rings. The molecular weight excluding hydrogens is 366 g/mol. The fraction of sp³-hybridized carbons (Fsp3) is 0.304. The smallest absolute Gasteiger partial charge is 0.264 e. The van der Waals surface area contributed by atoms with Crippen molar-refractivity contribution in [3.05, 3.63) is 70.6 Å². The van der Waals surface area contributed by atoms with E-state index in [2.05, 4.69) is 41.4 Å². The number of piperidine rings is 1. The normalized spacial score (nSPS) is 14.1. The van der Waals surface area contributed by atoms with Gasteiger partial charge in [0.1, 0.15) is 4.88 Å². The van der Waals surface area contributed by atoms with E-state index < -0.39 is 0 Å². The zero-order chi connectivity index (χ0) is 19.3. The molecule has 2 aromatic carbocycles. The van der Waals surface area contributed by atoms with Crippen molar-refractivity contribution >= 4 is 22.4 Å². The summed E-state index contributed by atoms with van der Waals surface area (Å²) in [4.78, 5) is 20.9. The van der Waals surface area contributed by atoms with Crippen LogP contribution in [-0.4, -0.2) is 24.0 Å². The van der Waals surface area contributed by atoms with Crippen LogP contribution in [0.2, 0.25) is 0 Å². The van der Waals surface area contributed by atoms with Crippen LogP contribution in [0.3, 0.4) is 0 Å². The molecule has 0 saturated carbocycles. The number of thiazole rings is 1. The fourth-order valence-corrected chi connectivity index (χ4v) is 4.50. The molecule has 0 unspecified atom stereocenters. The lowest BCUT2D eigenvalue weighted by molar-refractivity contribution is 0.0955. The molecule has 28 heavy (non-hydrogen) atoms. The summed E-state index contributed by atoms with van der Waals surface area (Å²) in [7, 11) is 0. The van der Waals surface area contributed by atoms with Crippen LogP contribution in [-0.2, 0) is 6.54 Å². The number of nitrogens with one attached hydrogen (secondary N) is 1. The number of carbonyl (C=O) groups is 1. The highest BCUT2D eigenvalue weighted by molar-refractivity contribution is 7.18. The van der Waals surface area contributed by atoms with Crippen molar-refractivity contribution in [3.63, 3.8) is 0 Å². The van der Waals surface area contributed by atoms with Crippen LogP contribution in [0.25, 0.3) is 11.3 Å². The van der Waals surface area contributed by atoms with Crippen molar-refractivity contribution in [2.75, 3.05) is 18.0 Å². The quantitative estimate of drug-likeness (QED) is 0.663. The zero-order valence-corrected chi connectivity index (χ0v) is 17.0. The lowest BCUT2D eigenvalue weighted by Gasteiger charge is -2.25. The van der Waals surface area contributed by atoms with Crippen LogP contribution < -0.4 is 10.2 Å². The van der Waals surface area contributed by atoms with Crippen molar-refractivity contribution in [3.8, 4) is 11.3 Å². The monoisotopic (exact) mass is 391 g/mol. The van der Waals surface area contributed by atoms with Gasteiger partial charge in [0.25, 0.3) is 5.91 Å². The number of aromatic nitrogens is 1. The second kappa shape index (κ2) is 8.57. The highest BCUT2D eigenvalue weighted by Gasteiger charge is 2.23. The maximum atomic E-state index is 13.0. The Kier molecular flexibility index (Phi) is 5.72. The van der Waals surface area contributed by atoms with Gasteiger partial charge in [-0.05, 0) is 31.7 Å². The predicted molar refractivity (Wildman–Crippen MR) is 116 cm³/mol. The van der Waals surface area contributed by atoms with E-state index in [4.69, 9.17) is 4.98 Å². The Balaban J connectivity index is 1.62. The first-order valence-corrected chi connectivity index (χ1v) is 10.7. The molecule has 1 N–H and O–H groups in total. The molecule has 5 heteroatoms. The second-order valence-corrected chi connectivity index (χ2v) is 8.23. The first kappa shape index (κ1) is 18.7. The van der Waals surface area contributed by atoms with Crippen molar-refractivity contribution in [2.45, 2.75) is 32.7 Å². The van der Waals surface area contributed by atoms with E-state index in [1.54, 1.807) is 0 Å². The third kappa shape index (κ3) is 4.25. The van der Waals surface area contributed by atoms with Gasteiger partial charge in [0.15, 0.2) is 5.13 Å². The summed E-state index contributed by atoms with van der Waals surface area (Å²) in [6.45, 7) is 4.62. The van der Waals surface area contributed by atoms with Crippen molar-refractivity contribution in [2.24, 2.45) is 0 Å². The number of hydrogen-bond acceptors (Lipinski definition) is 4. The Morgan fingerprint density at radius 1 is 1.04 bits per heavy atom. The molecule has 4 rings (SSSR count). The largest absolute Gasteiger partial charge is 0.348 e. The van der Waals surface area contributed by atoms with Crippen LogP contribution in [0.4, 0.5) is 5.13 Å². The summed E-state index contributed by atoms with van der Waals surface area (Å²) in [5.74, 6) is -0.0554. The van der Waals surface area contributed by atoms with Gasteiger partial charge in [-0.1, -0.05) is 71.5 Å². The minimum absolute atomic E-state index is 0.0554. The minimum Gasteiger partial charge on any atom is -0.348 e. The number of aryl methyl sites for hydroxylation is 1. The molecule has 1 fully saturated rings. The van der Waals surface area contributed by atoms with Crippen molar-refractivity contribution < 1.29 is 4.79 Å². The van der Waals surface area contributed by atoms with Crippen molar-refractivity contribution in [1.82, 2.24) is 10.3 Å². The van der Waals surface area contributed by atoms with Crippen LogP contribution in [0.5, 0.6) is 0 Å². The van der Waals surface area contributed by atoms with Gasteiger partial charge in [-0.15, -0.1) is 0 Å². The van der Waals surface area contributed by atoms with Crippen LogP contribution >= 0.6 is 11.3 Å². The lowest BCUT2D eigenvalue weighted by atomic mass is 10.1. The molecule has 0 aliphatic carbocycles. The fourth-order valence-electron chi connectivity index (χ4n) is 3.45. The molecule has 1 aromatic heterocycles. The minimum atomic E-state index is -0.0554. The Labute approximate surface area is 170 Å². The Morgan fingerprint density at radius 3 is 2.46 bits per heavy atom. The van der Waals surface area contributed by atoms with E-state index in [1.807, 2.05) is 30.3 Å². The number of rotatable bonds is 5. The summed E-state index contributed by atoms with van der Waals surface area (Å²) in [6.07, 6.45) is 3.65. The van der Waals surface area contributed by atoms with Gasteiger partial charge in [-0.3, -0.25) is 4.79 Å². The zero-order valence-electron chi connectivity index (χ0n) is 16.1. The van der Waals surface area contributed by atoms with Gasteiger partial charge in [-0.25, -0.2) is 4.98 Å². The molecular formula is C23H25N3OS. The standard InChI is InChI=1S/C23H25N3OS/c1-17-10-12-19(13-11-17)20-21(22(27)24-16-18-8-4-2-5-9-18)28-23(25-20)26-14-6-3-7-15-26/h2,4-5,8-13H,3,6-7,14-16H2,1H3,(H,24,27). The molecule has 0 atom stereocenters. The van der Waals surface area contributed by atoms with Crippen LogP contribution in [0.1, 0.15) is 40.1 Å². The number of amides is 1. The first-order chi connectivity index (χ1) is 13.7. The molecule has 1 aliphatic rings. The number of benzene rings is 2. The maximum absolute atomic E-state index is 13.0. The van der Waals surface area contributed by atoms with Gasteiger partial charge >= 0.3 is 0 Å². The molecule has 0 spiro atoms. The van der Waals surface area contributed by atoms with Crippen molar-refractivity contribution in [1.29, 1.82) is 0 Å².